The summed E-state index contributed by atoms with van der Waals surface area (Å²) < 4.78 is 18.1. The fourth-order valence-electron chi connectivity index (χ4n) is 4.35. The molecule has 232 valence electrons. The average molecular weight is 597 g/mol. The summed E-state index contributed by atoms with van der Waals surface area (Å²) >= 11 is 0. The predicted octanol–water partition coefficient (Wildman–Crippen LogP) is 1.19. The second kappa shape index (κ2) is 15.8. The summed E-state index contributed by atoms with van der Waals surface area (Å²) in [7, 11) is 1.89. The standard InChI is InChI=1S/C28H40N10O5/c1-3-37(2)17-23(40)32-10-13-42-15-14-41-12-8-22(39)31-9-4-5-11-38-27-24(26(29)33-18-34-27)25(36-38)19-6-7-21-20(16-19)35-28(30)43-21/h6-7,16,18H,3-5,8-15,17H2,1-2H3,(H2,30,35)(H,31,39)(H,32,40)(H2,29,33,34). The molecule has 0 spiro atoms. The van der Waals surface area contributed by atoms with Gasteiger partial charge in [-0.2, -0.15) is 10.1 Å². The molecule has 0 atom stereocenters. The van der Waals surface area contributed by atoms with Crippen molar-refractivity contribution >= 4 is 45.8 Å². The largest absolute Gasteiger partial charge is 0.424 e. The lowest BCUT2D eigenvalue weighted by Gasteiger charge is -2.13. The molecule has 0 saturated carbocycles. The number of hydrogen-bond donors (Lipinski definition) is 4. The number of benzene rings is 1. The number of oxazole rings is 1. The SMILES string of the molecule is CCN(C)CC(=O)NCCOCCOCCC(=O)NCCCCn1nc(-c2ccc3oc(N)nc3c2)c2c(N)ncnc21. The summed E-state index contributed by atoms with van der Waals surface area (Å²) in [5, 5.41) is 11.2. The van der Waals surface area contributed by atoms with E-state index in [1.165, 1.54) is 6.33 Å². The van der Waals surface area contributed by atoms with E-state index < -0.39 is 0 Å². The minimum atomic E-state index is -0.0723. The second-order valence-electron chi connectivity index (χ2n) is 9.98. The van der Waals surface area contributed by atoms with Crippen molar-refractivity contribution < 1.29 is 23.5 Å². The van der Waals surface area contributed by atoms with Crippen molar-refractivity contribution in [2.24, 2.45) is 0 Å². The highest BCUT2D eigenvalue weighted by Crippen LogP contribution is 2.32. The number of aromatic nitrogens is 5. The van der Waals surface area contributed by atoms with Crippen LogP contribution in [0, 0.1) is 0 Å². The molecule has 0 bridgehead atoms. The Bertz CT molecular complexity index is 1500. The molecule has 3 aromatic heterocycles. The number of rotatable bonds is 18. The van der Waals surface area contributed by atoms with Gasteiger partial charge in [0.2, 0.25) is 11.8 Å². The number of aryl methyl sites for hydroxylation is 1. The molecule has 0 radical (unpaired) electrons. The van der Waals surface area contributed by atoms with Crippen LogP contribution in [0.2, 0.25) is 0 Å². The summed E-state index contributed by atoms with van der Waals surface area (Å²) in [6.07, 6.45) is 3.21. The summed E-state index contributed by atoms with van der Waals surface area (Å²) in [6.45, 7) is 6.27. The number of amides is 2. The van der Waals surface area contributed by atoms with Gasteiger partial charge < -0.3 is 36.0 Å². The summed E-state index contributed by atoms with van der Waals surface area (Å²) in [5.74, 6) is 0.242. The van der Waals surface area contributed by atoms with E-state index in [0.717, 1.165) is 24.9 Å². The lowest BCUT2D eigenvalue weighted by molar-refractivity contribution is -0.122. The molecular formula is C28H40N10O5. The molecule has 0 fully saturated rings. The molecule has 6 N–H and O–H groups in total. The first-order chi connectivity index (χ1) is 20.9. The van der Waals surface area contributed by atoms with Crippen LogP contribution in [0.5, 0.6) is 0 Å². The maximum Gasteiger partial charge on any atom is 0.292 e. The molecule has 0 unspecified atom stereocenters. The fourth-order valence-corrected chi connectivity index (χ4v) is 4.35. The zero-order chi connectivity index (χ0) is 30.6. The number of unbranched alkanes of at least 4 members (excludes halogenated alkanes) is 1. The maximum absolute atomic E-state index is 12.1. The van der Waals surface area contributed by atoms with Crippen molar-refractivity contribution in [2.75, 3.05) is 71.1 Å². The van der Waals surface area contributed by atoms with Crippen molar-refractivity contribution in [2.45, 2.75) is 32.7 Å². The van der Waals surface area contributed by atoms with Crippen molar-refractivity contribution in [3.63, 3.8) is 0 Å². The van der Waals surface area contributed by atoms with Gasteiger partial charge in [0.15, 0.2) is 11.2 Å². The zero-order valence-electron chi connectivity index (χ0n) is 24.7. The van der Waals surface area contributed by atoms with E-state index in [1.54, 1.807) is 10.7 Å². The van der Waals surface area contributed by atoms with E-state index in [2.05, 4.69) is 25.6 Å². The maximum atomic E-state index is 12.1. The van der Waals surface area contributed by atoms with Gasteiger partial charge in [-0.1, -0.05) is 6.92 Å². The normalized spacial score (nSPS) is 11.5. The van der Waals surface area contributed by atoms with E-state index >= 15 is 0 Å². The third-order valence-electron chi connectivity index (χ3n) is 6.72. The Morgan fingerprint density at radius 3 is 2.63 bits per heavy atom. The van der Waals surface area contributed by atoms with E-state index in [0.29, 0.717) is 86.3 Å². The number of nitrogens with zero attached hydrogens (tertiary/aromatic N) is 6. The summed E-state index contributed by atoms with van der Waals surface area (Å²) in [5.41, 5.74) is 15.2. The van der Waals surface area contributed by atoms with Gasteiger partial charge in [0.05, 0.1) is 38.4 Å². The van der Waals surface area contributed by atoms with Crippen LogP contribution in [0.15, 0.2) is 28.9 Å². The number of nitrogen functional groups attached to an aromatic ring is 2. The van der Waals surface area contributed by atoms with E-state index in [1.807, 2.05) is 31.0 Å². The quantitative estimate of drug-likeness (QED) is 0.120. The molecule has 15 nitrogen and oxygen atoms in total. The summed E-state index contributed by atoms with van der Waals surface area (Å²) in [4.78, 5) is 38.5. The highest BCUT2D eigenvalue weighted by atomic mass is 16.5. The van der Waals surface area contributed by atoms with Crippen LogP contribution in [0.3, 0.4) is 0 Å². The van der Waals surface area contributed by atoms with Crippen molar-refractivity contribution in [1.82, 2.24) is 40.3 Å². The Labute approximate surface area is 249 Å². The number of nitrogens with two attached hydrogens (primary N) is 2. The van der Waals surface area contributed by atoms with E-state index in [4.69, 9.17) is 30.5 Å². The smallest absolute Gasteiger partial charge is 0.292 e. The van der Waals surface area contributed by atoms with Crippen LogP contribution >= 0.6 is 0 Å². The van der Waals surface area contributed by atoms with Gasteiger partial charge in [0, 0.05) is 31.6 Å². The molecule has 0 aliphatic rings. The lowest BCUT2D eigenvalue weighted by atomic mass is 10.1. The number of carbonyl (C=O) groups is 2. The van der Waals surface area contributed by atoms with Gasteiger partial charge in [-0.05, 0) is 44.6 Å². The van der Waals surface area contributed by atoms with Gasteiger partial charge >= 0.3 is 0 Å². The lowest BCUT2D eigenvalue weighted by Crippen LogP contribution is -2.36. The first-order valence-electron chi connectivity index (χ1n) is 14.4. The van der Waals surface area contributed by atoms with Crippen LogP contribution < -0.4 is 22.1 Å². The molecule has 4 aromatic rings. The molecule has 3 heterocycles. The number of fused-ring (bicyclic) bond motifs is 2. The Kier molecular flexibility index (Phi) is 11.6. The number of anilines is 2. The highest BCUT2D eigenvalue weighted by molar-refractivity contribution is 5.99. The van der Waals surface area contributed by atoms with Gasteiger partial charge in [-0.15, -0.1) is 0 Å². The van der Waals surface area contributed by atoms with Gasteiger partial charge in [0.1, 0.15) is 23.4 Å². The van der Waals surface area contributed by atoms with Crippen LogP contribution in [-0.4, -0.2) is 101 Å². The third kappa shape index (κ3) is 9.07. The fraction of sp³-hybridized carbons (Fsp3) is 0.500. The highest BCUT2D eigenvalue weighted by Gasteiger charge is 2.18. The van der Waals surface area contributed by atoms with Crippen LogP contribution in [0.25, 0.3) is 33.4 Å². The molecule has 1 aromatic carbocycles. The molecule has 0 aliphatic heterocycles. The first-order valence-corrected chi connectivity index (χ1v) is 14.4. The average Bonchev–Trinajstić information content (AvgIpc) is 3.55. The number of carbonyl (C=O) groups excluding carboxylic acids is 2. The van der Waals surface area contributed by atoms with Crippen LogP contribution in [0.1, 0.15) is 26.2 Å². The molecule has 15 heteroatoms. The molecule has 0 saturated heterocycles. The van der Waals surface area contributed by atoms with Gasteiger partial charge in [-0.25, -0.2) is 14.6 Å². The Hall–Kier alpha value is -4.34. The Morgan fingerprint density at radius 2 is 1.81 bits per heavy atom. The van der Waals surface area contributed by atoms with Crippen molar-refractivity contribution in [3.05, 3.63) is 24.5 Å². The van der Waals surface area contributed by atoms with Crippen LogP contribution in [-0.2, 0) is 25.6 Å². The molecule has 4 rings (SSSR count). The number of ether oxygens (including phenoxy) is 2. The Balaban J connectivity index is 1.12. The molecular weight excluding hydrogens is 556 g/mol. The van der Waals surface area contributed by atoms with E-state index in [9.17, 15) is 9.59 Å². The molecule has 43 heavy (non-hydrogen) atoms. The third-order valence-corrected chi connectivity index (χ3v) is 6.72. The van der Waals surface area contributed by atoms with Crippen LogP contribution in [0.4, 0.5) is 11.8 Å². The van der Waals surface area contributed by atoms with Gasteiger partial charge in [0.25, 0.3) is 6.01 Å². The molecule has 2 amide bonds. The predicted molar refractivity (Wildman–Crippen MR) is 162 cm³/mol. The Morgan fingerprint density at radius 1 is 1.02 bits per heavy atom. The topological polar surface area (TPSA) is 202 Å². The first kappa shape index (κ1) is 31.6. The van der Waals surface area contributed by atoms with Crippen molar-refractivity contribution in [1.29, 1.82) is 0 Å². The van der Waals surface area contributed by atoms with E-state index in [-0.39, 0.29) is 24.2 Å². The van der Waals surface area contributed by atoms with Gasteiger partial charge in [-0.3, -0.25) is 14.5 Å². The minimum absolute atomic E-state index is 0.0248. The number of likely N-dealkylation sites (N-methyl/N-ethyl adjacent to an activating group) is 1. The number of nitrogens with one attached hydrogen (secondary N) is 2. The van der Waals surface area contributed by atoms with Crippen molar-refractivity contribution in [3.8, 4) is 11.3 Å². The molecule has 0 aliphatic carbocycles. The number of hydrogen-bond acceptors (Lipinski definition) is 12. The zero-order valence-corrected chi connectivity index (χ0v) is 24.7. The monoisotopic (exact) mass is 596 g/mol. The second-order valence-corrected chi connectivity index (χ2v) is 9.98. The minimum Gasteiger partial charge on any atom is -0.424 e. The summed E-state index contributed by atoms with van der Waals surface area (Å²) in [6, 6.07) is 5.60.